The molecule has 14 rings (SSSR count). The number of fused-ring (bicyclic) bond motifs is 13. The van der Waals surface area contributed by atoms with Crippen LogP contribution in [0.1, 0.15) is 22.7 Å². The van der Waals surface area contributed by atoms with Gasteiger partial charge in [-0.3, -0.25) is 0 Å². The van der Waals surface area contributed by atoms with Crippen molar-refractivity contribution >= 4 is 108 Å². The lowest BCUT2D eigenvalue weighted by Gasteiger charge is -2.28. The third-order valence-electron chi connectivity index (χ3n) is 13.3. The lowest BCUT2D eigenvalue weighted by atomic mass is 9.94. The summed E-state index contributed by atoms with van der Waals surface area (Å²) in [6, 6.07) is 75.6. The minimum Gasteiger partial charge on any atom is -0.359 e. The number of benzene rings is 10. The van der Waals surface area contributed by atoms with Crippen molar-refractivity contribution < 1.29 is 0 Å². The molecule has 1 aliphatic rings. The Bertz CT molecular complexity index is 4090. The highest BCUT2D eigenvalue weighted by molar-refractivity contribution is 7.25. The highest BCUT2D eigenvalue weighted by Gasteiger charge is 2.25. The summed E-state index contributed by atoms with van der Waals surface area (Å²) in [5.74, 6) is 0.867. The molecule has 0 bridgehead atoms. The summed E-state index contributed by atoms with van der Waals surface area (Å²) in [4.78, 5) is 5.27. The smallest absolute Gasteiger partial charge is 0.134 e. The van der Waals surface area contributed by atoms with Crippen LogP contribution in [0.4, 0.5) is 5.69 Å². The van der Waals surface area contributed by atoms with Gasteiger partial charge in [0.05, 0.1) is 33.8 Å². The first-order chi connectivity index (χ1) is 31.2. The molecule has 10 aromatic carbocycles. The Morgan fingerprint density at radius 1 is 0.413 bits per heavy atom. The van der Waals surface area contributed by atoms with Crippen LogP contribution in [0.25, 0.3) is 96.7 Å². The number of para-hydroxylation sites is 3. The van der Waals surface area contributed by atoms with Gasteiger partial charge >= 0.3 is 0 Å². The molecule has 0 fully saturated rings. The number of hydrogen-bond donors (Lipinski definition) is 1. The van der Waals surface area contributed by atoms with Gasteiger partial charge < -0.3 is 14.5 Å². The Hall–Kier alpha value is -7.99. The molecule has 1 aliphatic heterocycles. The second-order valence-electron chi connectivity index (χ2n) is 16.8. The lowest BCUT2D eigenvalue weighted by Crippen LogP contribution is -2.32. The Kier molecular flexibility index (Phi) is 7.30. The van der Waals surface area contributed by atoms with Crippen molar-refractivity contribution in [3.05, 3.63) is 223 Å². The van der Waals surface area contributed by atoms with E-state index in [4.69, 9.17) is 4.99 Å². The molecular formula is C58H36N4S. The van der Waals surface area contributed by atoms with E-state index in [2.05, 4.69) is 221 Å². The van der Waals surface area contributed by atoms with Crippen LogP contribution in [0, 0.1) is 0 Å². The van der Waals surface area contributed by atoms with Gasteiger partial charge in [0, 0.05) is 69.6 Å². The molecule has 0 saturated heterocycles. The molecule has 4 nitrogen and oxygen atoms in total. The Balaban J connectivity index is 0.919. The number of hydrogen-bond acceptors (Lipinski definition) is 3. The van der Waals surface area contributed by atoms with E-state index in [1.165, 1.54) is 96.5 Å². The first-order valence-electron chi connectivity index (χ1n) is 21.6. The maximum absolute atomic E-state index is 5.27. The van der Waals surface area contributed by atoms with Crippen molar-refractivity contribution in [3.63, 3.8) is 0 Å². The number of aliphatic imine (C=N–C) groups is 1. The molecule has 13 aromatic rings. The van der Waals surface area contributed by atoms with Crippen molar-refractivity contribution in [1.82, 2.24) is 14.5 Å². The van der Waals surface area contributed by atoms with E-state index in [1.807, 2.05) is 11.3 Å². The zero-order valence-corrected chi connectivity index (χ0v) is 34.8. The number of aromatic nitrogens is 2. The molecule has 1 N–H and O–H groups in total. The number of nitrogens with zero attached hydrogens (tertiary/aromatic N) is 3. The van der Waals surface area contributed by atoms with Gasteiger partial charge in [-0.25, -0.2) is 4.99 Å². The maximum atomic E-state index is 5.27. The molecular weight excluding hydrogens is 785 g/mol. The van der Waals surface area contributed by atoms with Crippen LogP contribution >= 0.6 is 11.3 Å². The second-order valence-corrected chi connectivity index (χ2v) is 17.9. The number of rotatable bonds is 4. The number of amidine groups is 1. The minimum atomic E-state index is -0.0479. The van der Waals surface area contributed by atoms with Crippen molar-refractivity contribution in [3.8, 4) is 11.4 Å². The summed E-state index contributed by atoms with van der Waals surface area (Å²) in [5.41, 5.74) is 11.5. The van der Waals surface area contributed by atoms with Crippen LogP contribution in [0.3, 0.4) is 0 Å². The Morgan fingerprint density at radius 3 is 2.02 bits per heavy atom. The molecule has 0 amide bonds. The summed E-state index contributed by atoms with van der Waals surface area (Å²) in [5, 5.41) is 16.4. The molecule has 0 spiro atoms. The van der Waals surface area contributed by atoms with Crippen LogP contribution in [-0.2, 0) is 0 Å². The number of thiophene rings is 1. The third-order valence-corrected chi connectivity index (χ3v) is 14.4. The fourth-order valence-corrected chi connectivity index (χ4v) is 11.6. The summed E-state index contributed by atoms with van der Waals surface area (Å²) in [6.07, 6.45) is 0. The average Bonchev–Trinajstić information content (AvgIpc) is 4.00. The second kappa shape index (κ2) is 13.3. The molecule has 4 heterocycles. The van der Waals surface area contributed by atoms with Gasteiger partial charge in [0.25, 0.3) is 0 Å². The van der Waals surface area contributed by atoms with Gasteiger partial charge in [-0.2, -0.15) is 0 Å². The first-order valence-corrected chi connectivity index (χ1v) is 22.4. The topological polar surface area (TPSA) is 34.2 Å². The van der Waals surface area contributed by atoms with Gasteiger partial charge in [0.15, 0.2) is 0 Å². The van der Waals surface area contributed by atoms with E-state index in [0.29, 0.717) is 0 Å². The zero-order valence-electron chi connectivity index (χ0n) is 34.0. The van der Waals surface area contributed by atoms with Crippen LogP contribution in [-0.4, -0.2) is 15.0 Å². The molecule has 0 radical (unpaired) electrons. The normalized spacial score (nSPS) is 14.1. The molecule has 1 atom stereocenters. The lowest BCUT2D eigenvalue weighted by molar-refractivity contribution is 0.750. The Morgan fingerprint density at radius 2 is 1.11 bits per heavy atom. The standard InChI is InChI=1S/C58H36N4S/c1-2-15-42-35(12-1)25-29-47-43-16-4-9-22-52(43)62(57(42)47)41-27-24-36-32-49-44-17-5-8-21-51(44)61(53(49)33-39(36)31-41)40-14-11-13-38(30-40)58-59-50-20-7-3-19-48(50)56(60-58)37-26-28-46-45-18-6-10-23-54(45)63-55(46)34-37/h1-34,56H,(H,59,60). The Labute approximate surface area is 366 Å². The van der Waals surface area contributed by atoms with Crippen molar-refractivity contribution in [1.29, 1.82) is 0 Å². The summed E-state index contributed by atoms with van der Waals surface area (Å²) in [6.45, 7) is 0. The van der Waals surface area contributed by atoms with Crippen molar-refractivity contribution in [2.75, 3.05) is 0 Å². The van der Waals surface area contributed by atoms with E-state index in [0.717, 1.165) is 28.5 Å². The molecule has 0 aliphatic carbocycles. The quantitative estimate of drug-likeness (QED) is 0.189. The largest absolute Gasteiger partial charge is 0.359 e. The van der Waals surface area contributed by atoms with Crippen LogP contribution in [0.5, 0.6) is 0 Å². The van der Waals surface area contributed by atoms with Gasteiger partial charge in [0.2, 0.25) is 0 Å². The average molecular weight is 821 g/mol. The van der Waals surface area contributed by atoms with Crippen molar-refractivity contribution in [2.24, 2.45) is 4.99 Å². The van der Waals surface area contributed by atoms with Gasteiger partial charge in [-0.05, 0) is 88.5 Å². The predicted molar refractivity (Wildman–Crippen MR) is 267 cm³/mol. The molecule has 1 unspecified atom stereocenters. The summed E-state index contributed by atoms with van der Waals surface area (Å²) in [7, 11) is 0. The maximum Gasteiger partial charge on any atom is 0.134 e. The van der Waals surface area contributed by atoms with Gasteiger partial charge in [0.1, 0.15) is 5.84 Å². The van der Waals surface area contributed by atoms with E-state index < -0.39 is 0 Å². The van der Waals surface area contributed by atoms with Crippen molar-refractivity contribution in [2.45, 2.75) is 6.04 Å². The van der Waals surface area contributed by atoms with Crippen LogP contribution in [0.15, 0.2) is 211 Å². The zero-order chi connectivity index (χ0) is 41.2. The number of nitrogens with one attached hydrogen (secondary N) is 1. The van der Waals surface area contributed by atoms with E-state index in [9.17, 15) is 0 Å². The highest BCUT2D eigenvalue weighted by Crippen LogP contribution is 2.42. The van der Waals surface area contributed by atoms with Gasteiger partial charge in [-0.1, -0.05) is 140 Å². The summed E-state index contributed by atoms with van der Waals surface area (Å²) >= 11 is 1.86. The fraction of sp³-hybridized carbons (Fsp3) is 0.0172. The fourth-order valence-electron chi connectivity index (χ4n) is 10.4. The first kappa shape index (κ1) is 34.7. The predicted octanol–water partition coefficient (Wildman–Crippen LogP) is 15.3. The third kappa shape index (κ3) is 5.18. The summed E-state index contributed by atoms with van der Waals surface area (Å²) < 4.78 is 7.50. The van der Waals surface area contributed by atoms with Gasteiger partial charge in [-0.15, -0.1) is 11.3 Å². The molecule has 63 heavy (non-hydrogen) atoms. The van der Waals surface area contributed by atoms with Crippen LogP contribution in [0.2, 0.25) is 0 Å². The SMILES string of the molecule is c1cc(C2=Nc3ccccc3C(c3ccc4c(c3)sc3ccccc34)N2)cc(-n2c3ccccc3c3cc4ccc(-n5c6ccccc6c6ccc7ccccc7c65)cc4cc32)c1. The highest BCUT2D eigenvalue weighted by atomic mass is 32.1. The molecule has 294 valence electrons. The molecule has 0 saturated carbocycles. The van der Waals surface area contributed by atoms with E-state index in [1.54, 1.807) is 0 Å². The van der Waals surface area contributed by atoms with E-state index >= 15 is 0 Å². The molecule has 5 heteroatoms. The molecule has 3 aromatic heterocycles. The monoisotopic (exact) mass is 820 g/mol. The van der Waals surface area contributed by atoms with E-state index in [-0.39, 0.29) is 6.04 Å². The van der Waals surface area contributed by atoms with Crippen LogP contribution < -0.4 is 5.32 Å². The minimum absolute atomic E-state index is 0.0479.